The molecular weight excluding hydrogens is 272 g/mol. The summed E-state index contributed by atoms with van der Waals surface area (Å²) in [5.41, 5.74) is 1.02. The lowest BCUT2D eigenvalue weighted by atomic mass is 10.1. The van der Waals surface area contributed by atoms with Crippen LogP contribution in [0.5, 0.6) is 11.5 Å². The van der Waals surface area contributed by atoms with E-state index < -0.39 is 18.0 Å². The maximum absolute atomic E-state index is 11.7. The number of benzene rings is 1. The van der Waals surface area contributed by atoms with Crippen LogP contribution >= 0.6 is 0 Å². The molecule has 0 aromatic heterocycles. The summed E-state index contributed by atoms with van der Waals surface area (Å²) < 4.78 is 10.8. The fraction of sp³-hybridized carbons (Fsp3) is 0.333. The number of hydrogen-bond donors (Lipinski definition) is 2. The quantitative estimate of drug-likeness (QED) is 0.782. The molecule has 1 rings (SSSR count). The Morgan fingerprint density at radius 3 is 2.67 bits per heavy atom. The fourth-order valence-electron chi connectivity index (χ4n) is 1.62. The molecule has 0 saturated carbocycles. The van der Waals surface area contributed by atoms with Crippen LogP contribution in [0.3, 0.4) is 0 Å². The van der Waals surface area contributed by atoms with Crippen LogP contribution < -0.4 is 20.1 Å². The number of hydrogen-bond acceptors (Lipinski definition) is 4. The summed E-state index contributed by atoms with van der Waals surface area (Å²) in [4.78, 5) is 22.8. The van der Waals surface area contributed by atoms with Gasteiger partial charge in [-0.05, 0) is 31.0 Å². The highest BCUT2D eigenvalue weighted by Crippen LogP contribution is 2.29. The maximum atomic E-state index is 11.7. The Labute approximate surface area is 124 Å². The molecule has 0 aliphatic carbocycles. The SMILES string of the molecule is C=CCc1ccc(O[C@@H](C)C(=O)NC(=O)NC)c(OC)c1. The Morgan fingerprint density at radius 1 is 1.38 bits per heavy atom. The van der Waals surface area contributed by atoms with E-state index in [0.717, 1.165) is 5.56 Å². The van der Waals surface area contributed by atoms with E-state index in [2.05, 4.69) is 17.2 Å². The first-order chi connectivity index (χ1) is 10.0. The largest absolute Gasteiger partial charge is 0.493 e. The molecule has 0 saturated heterocycles. The first-order valence-corrected chi connectivity index (χ1v) is 6.48. The third-order valence-electron chi connectivity index (χ3n) is 2.74. The molecule has 1 aromatic carbocycles. The van der Waals surface area contributed by atoms with Crippen molar-refractivity contribution < 1.29 is 19.1 Å². The van der Waals surface area contributed by atoms with Crippen molar-refractivity contribution in [3.63, 3.8) is 0 Å². The normalized spacial score (nSPS) is 11.2. The van der Waals surface area contributed by atoms with Gasteiger partial charge in [0.15, 0.2) is 17.6 Å². The van der Waals surface area contributed by atoms with Gasteiger partial charge in [-0.3, -0.25) is 10.1 Å². The molecule has 0 radical (unpaired) electrons. The number of nitrogens with one attached hydrogen (secondary N) is 2. The zero-order valence-electron chi connectivity index (χ0n) is 12.4. The number of allylic oxidation sites excluding steroid dienone is 1. The third kappa shape index (κ3) is 4.83. The molecule has 0 aliphatic rings. The number of urea groups is 1. The first-order valence-electron chi connectivity index (χ1n) is 6.48. The van der Waals surface area contributed by atoms with Crippen molar-refractivity contribution in [2.24, 2.45) is 0 Å². The van der Waals surface area contributed by atoms with Crippen molar-refractivity contribution >= 4 is 11.9 Å². The van der Waals surface area contributed by atoms with Crippen molar-refractivity contribution in [2.45, 2.75) is 19.4 Å². The molecule has 0 unspecified atom stereocenters. The second kappa shape index (κ2) is 7.94. The molecule has 0 bridgehead atoms. The average Bonchev–Trinajstić information content (AvgIpc) is 2.48. The molecule has 3 amide bonds. The molecule has 2 N–H and O–H groups in total. The molecule has 21 heavy (non-hydrogen) atoms. The summed E-state index contributed by atoms with van der Waals surface area (Å²) in [6.45, 7) is 5.23. The van der Waals surface area contributed by atoms with Crippen LogP contribution in [-0.4, -0.2) is 32.2 Å². The Kier molecular flexibility index (Phi) is 6.26. The van der Waals surface area contributed by atoms with Gasteiger partial charge in [0.2, 0.25) is 0 Å². The van der Waals surface area contributed by atoms with E-state index in [-0.39, 0.29) is 0 Å². The minimum absolute atomic E-state index is 0.435. The Balaban J connectivity index is 2.79. The minimum atomic E-state index is -0.832. The van der Waals surface area contributed by atoms with Gasteiger partial charge in [-0.25, -0.2) is 4.79 Å². The van der Waals surface area contributed by atoms with Crippen molar-refractivity contribution in [3.8, 4) is 11.5 Å². The van der Waals surface area contributed by atoms with Gasteiger partial charge < -0.3 is 14.8 Å². The van der Waals surface area contributed by atoms with Crippen LogP contribution in [0.2, 0.25) is 0 Å². The van der Waals surface area contributed by atoms with E-state index in [1.54, 1.807) is 19.1 Å². The van der Waals surface area contributed by atoms with Gasteiger partial charge in [-0.15, -0.1) is 6.58 Å². The van der Waals surface area contributed by atoms with Crippen LogP contribution in [0.1, 0.15) is 12.5 Å². The van der Waals surface area contributed by atoms with Gasteiger partial charge in [0.25, 0.3) is 5.91 Å². The summed E-state index contributed by atoms with van der Waals surface area (Å²) in [6.07, 6.45) is 1.67. The van der Waals surface area contributed by atoms with Gasteiger partial charge in [0.05, 0.1) is 7.11 Å². The topological polar surface area (TPSA) is 76.7 Å². The lowest BCUT2D eigenvalue weighted by molar-refractivity contribution is -0.126. The highest BCUT2D eigenvalue weighted by atomic mass is 16.5. The maximum Gasteiger partial charge on any atom is 0.321 e. The number of imide groups is 1. The third-order valence-corrected chi connectivity index (χ3v) is 2.74. The van der Waals surface area contributed by atoms with E-state index in [0.29, 0.717) is 17.9 Å². The monoisotopic (exact) mass is 292 g/mol. The number of carbonyl (C=O) groups excluding carboxylic acids is 2. The summed E-state index contributed by atoms with van der Waals surface area (Å²) in [6, 6.07) is 4.83. The predicted octanol–water partition coefficient (Wildman–Crippen LogP) is 1.65. The molecule has 0 spiro atoms. The summed E-state index contributed by atoms with van der Waals surface area (Å²) in [5, 5.41) is 4.45. The summed E-state index contributed by atoms with van der Waals surface area (Å²) >= 11 is 0. The van der Waals surface area contributed by atoms with E-state index in [9.17, 15) is 9.59 Å². The number of amides is 3. The molecular formula is C15H20N2O4. The zero-order valence-corrected chi connectivity index (χ0v) is 12.4. The van der Waals surface area contributed by atoms with Gasteiger partial charge in [-0.1, -0.05) is 12.1 Å². The van der Waals surface area contributed by atoms with Crippen LogP contribution in [0.15, 0.2) is 30.9 Å². The standard InChI is InChI=1S/C15H20N2O4/c1-5-6-11-7-8-12(13(9-11)20-4)21-10(2)14(18)17-15(19)16-3/h5,7-10H,1,6H2,2-4H3,(H2,16,17,18,19)/t10-/m0/s1. The van der Waals surface area contributed by atoms with E-state index >= 15 is 0 Å². The van der Waals surface area contributed by atoms with Gasteiger partial charge >= 0.3 is 6.03 Å². The van der Waals surface area contributed by atoms with E-state index in [4.69, 9.17) is 9.47 Å². The molecule has 6 heteroatoms. The smallest absolute Gasteiger partial charge is 0.321 e. The van der Waals surface area contributed by atoms with Crippen molar-refractivity contribution in [1.82, 2.24) is 10.6 Å². The first kappa shape index (κ1) is 16.6. The van der Waals surface area contributed by atoms with Crippen LogP contribution in [0.4, 0.5) is 4.79 Å². The van der Waals surface area contributed by atoms with Crippen molar-refractivity contribution in [3.05, 3.63) is 36.4 Å². The lowest BCUT2D eigenvalue weighted by Crippen LogP contribution is -2.43. The molecule has 1 aromatic rings. The molecule has 0 fully saturated rings. The van der Waals surface area contributed by atoms with Crippen LogP contribution in [0, 0.1) is 0 Å². The van der Waals surface area contributed by atoms with E-state index in [1.165, 1.54) is 14.2 Å². The molecule has 0 heterocycles. The van der Waals surface area contributed by atoms with Crippen LogP contribution in [-0.2, 0) is 11.2 Å². The van der Waals surface area contributed by atoms with Gasteiger partial charge in [0.1, 0.15) is 0 Å². The van der Waals surface area contributed by atoms with Gasteiger partial charge in [0, 0.05) is 7.05 Å². The number of methoxy groups -OCH3 is 1. The van der Waals surface area contributed by atoms with Crippen molar-refractivity contribution in [1.29, 1.82) is 0 Å². The Hall–Kier alpha value is -2.50. The summed E-state index contributed by atoms with van der Waals surface area (Å²) in [5.74, 6) is 0.422. The van der Waals surface area contributed by atoms with Gasteiger partial charge in [-0.2, -0.15) is 0 Å². The zero-order chi connectivity index (χ0) is 15.8. The summed E-state index contributed by atoms with van der Waals surface area (Å²) in [7, 11) is 2.95. The number of rotatable bonds is 6. The fourth-order valence-corrected chi connectivity index (χ4v) is 1.62. The molecule has 1 atom stereocenters. The van der Waals surface area contributed by atoms with E-state index in [1.807, 2.05) is 12.1 Å². The minimum Gasteiger partial charge on any atom is -0.493 e. The second-order valence-electron chi connectivity index (χ2n) is 4.31. The lowest BCUT2D eigenvalue weighted by Gasteiger charge is -2.16. The molecule has 0 aliphatic heterocycles. The Morgan fingerprint density at radius 2 is 2.10 bits per heavy atom. The van der Waals surface area contributed by atoms with Crippen LogP contribution in [0.25, 0.3) is 0 Å². The molecule has 114 valence electrons. The average molecular weight is 292 g/mol. The Bertz CT molecular complexity index is 528. The molecule has 6 nitrogen and oxygen atoms in total. The highest BCUT2D eigenvalue weighted by molar-refractivity contribution is 5.96. The number of ether oxygens (including phenoxy) is 2. The van der Waals surface area contributed by atoms with Crippen molar-refractivity contribution in [2.75, 3.05) is 14.2 Å². The second-order valence-corrected chi connectivity index (χ2v) is 4.31. The highest BCUT2D eigenvalue weighted by Gasteiger charge is 2.18. The predicted molar refractivity (Wildman–Crippen MR) is 79.6 cm³/mol. The number of carbonyl (C=O) groups is 2.